The molecule has 0 radical (unpaired) electrons. The highest BCUT2D eigenvalue weighted by Gasteiger charge is 2.27. The van der Waals surface area contributed by atoms with Crippen LogP contribution in [0.4, 0.5) is 5.69 Å². The highest BCUT2D eigenvalue weighted by molar-refractivity contribution is 5.95. The number of benzene rings is 1. The van der Waals surface area contributed by atoms with Gasteiger partial charge in [0.1, 0.15) is 0 Å². The molecule has 2 unspecified atom stereocenters. The smallest absolute Gasteiger partial charge is 0.241 e. The van der Waals surface area contributed by atoms with E-state index in [1.54, 1.807) is 6.20 Å². The van der Waals surface area contributed by atoms with Gasteiger partial charge in [-0.25, -0.2) is 0 Å². The molecule has 1 aliphatic rings. The second-order valence-electron chi connectivity index (χ2n) is 5.24. The molecule has 3 rings (SSSR count). The van der Waals surface area contributed by atoms with Crippen molar-refractivity contribution < 1.29 is 9.90 Å². The summed E-state index contributed by atoms with van der Waals surface area (Å²) >= 11 is 0. The van der Waals surface area contributed by atoms with Gasteiger partial charge in [0.2, 0.25) is 5.91 Å². The average molecular weight is 323 g/mol. The van der Waals surface area contributed by atoms with Gasteiger partial charge < -0.3 is 15.7 Å². The number of aliphatic hydroxyl groups excluding tert-OH is 1. The molecule has 118 valence electrons. The van der Waals surface area contributed by atoms with Gasteiger partial charge in [-0.3, -0.25) is 9.48 Å². The number of hydrogen-bond acceptors (Lipinski definition) is 4. The lowest BCUT2D eigenvalue weighted by Crippen LogP contribution is -2.35. The van der Waals surface area contributed by atoms with Crippen LogP contribution in [0.3, 0.4) is 0 Å². The molecule has 0 saturated carbocycles. The fourth-order valence-electron chi connectivity index (χ4n) is 2.42. The van der Waals surface area contributed by atoms with Gasteiger partial charge in [0.05, 0.1) is 18.7 Å². The highest BCUT2D eigenvalue weighted by Crippen LogP contribution is 2.13. The summed E-state index contributed by atoms with van der Waals surface area (Å²) in [6, 6.07) is 9.26. The Morgan fingerprint density at radius 1 is 1.41 bits per heavy atom. The normalized spacial score (nSPS) is 20.4. The lowest BCUT2D eigenvalue weighted by atomic mass is 10.1. The lowest BCUT2D eigenvalue weighted by molar-refractivity contribution is -0.117. The number of halogens is 1. The van der Waals surface area contributed by atoms with Gasteiger partial charge in [-0.2, -0.15) is 5.10 Å². The zero-order valence-electron chi connectivity index (χ0n) is 12.0. The van der Waals surface area contributed by atoms with Crippen LogP contribution in [0.25, 0.3) is 0 Å². The summed E-state index contributed by atoms with van der Waals surface area (Å²) in [6.07, 6.45) is 3.69. The van der Waals surface area contributed by atoms with Crippen molar-refractivity contribution in [3.05, 3.63) is 48.3 Å². The van der Waals surface area contributed by atoms with Crippen LogP contribution in [0.2, 0.25) is 0 Å². The van der Waals surface area contributed by atoms with Crippen molar-refractivity contribution >= 4 is 24.0 Å². The predicted octanol–water partition coefficient (Wildman–Crippen LogP) is 1.01. The average Bonchev–Trinajstić information content (AvgIpc) is 3.12. The Morgan fingerprint density at radius 2 is 2.18 bits per heavy atom. The Labute approximate surface area is 134 Å². The van der Waals surface area contributed by atoms with Crippen LogP contribution >= 0.6 is 12.4 Å². The van der Waals surface area contributed by atoms with E-state index in [1.165, 1.54) is 0 Å². The number of anilines is 1. The molecule has 1 aromatic heterocycles. The first-order chi connectivity index (χ1) is 10.2. The molecule has 1 fully saturated rings. The van der Waals surface area contributed by atoms with E-state index < -0.39 is 6.10 Å². The van der Waals surface area contributed by atoms with Crippen LogP contribution in [-0.4, -0.2) is 39.5 Å². The molecule has 1 aromatic carbocycles. The van der Waals surface area contributed by atoms with Crippen molar-refractivity contribution in [1.82, 2.24) is 15.1 Å². The van der Waals surface area contributed by atoms with E-state index in [0.717, 1.165) is 11.3 Å². The third-order valence-electron chi connectivity index (χ3n) is 3.55. The van der Waals surface area contributed by atoms with Gasteiger partial charge in [0.15, 0.2) is 0 Å². The van der Waals surface area contributed by atoms with E-state index in [9.17, 15) is 9.90 Å². The highest BCUT2D eigenvalue weighted by atomic mass is 35.5. The molecule has 3 N–H and O–H groups in total. The van der Waals surface area contributed by atoms with Gasteiger partial charge in [-0.1, -0.05) is 12.1 Å². The predicted molar refractivity (Wildman–Crippen MR) is 86.1 cm³/mol. The second-order valence-corrected chi connectivity index (χ2v) is 5.24. The fraction of sp³-hybridized carbons (Fsp3) is 0.333. The molecule has 0 spiro atoms. The summed E-state index contributed by atoms with van der Waals surface area (Å²) in [5.74, 6) is -0.105. The number of amides is 1. The van der Waals surface area contributed by atoms with Gasteiger partial charge in [-0.15, -0.1) is 12.4 Å². The molecular weight excluding hydrogens is 304 g/mol. The van der Waals surface area contributed by atoms with Crippen molar-refractivity contribution in [3.8, 4) is 0 Å². The maximum absolute atomic E-state index is 12.0. The SMILES string of the molecule is Cl.O=C(Nc1ccc(Cn2cccn2)cc1)C1CC(O)CN1. The van der Waals surface area contributed by atoms with E-state index >= 15 is 0 Å². The molecule has 6 nitrogen and oxygen atoms in total. The van der Waals surface area contributed by atoms with Crippen LogP contribution in [0, 0.1) is 0 Å². The van der Waals surface area contributed by atoms with Crippen LogP contribution in [-0.2, 0) is 11.3 Å². The summed E-state index contributed by atoms with van der Waals surface area (Å²) < 4.78 is 1.84. The molecule has 1 amide bonds. The minimum atomic E-state index is -0.433. The third-order valence-corrected chi connectivity index (χ3v) is 3.55. The van der Waals surface area contributed by atoms with E-state index in [1.807, 2.05) is 41.2 Å². The van der Waals surface area contributed by atoms with E-state index in [0.29, 0.717) is 19.5 Å². The number of nitrogens with one attached hydrogen (secondary N) is 2. The van der Waals surface area contributed by atoms with Gasteiger partial charge >= 0.3 is 0 Å². The maximum Gasteiger partial charge on any atom is 0.241 e. The van der Waals surface area contributed by atoms with Crippen molar-refractivity contribution in [3.63, 3.8) is 0 Å². The van der Waals surface area contributed by atoms with E-state index in [4.69, 9.17) is 0 Å². The Balaban J connectivity index is 0.00000176. The molecule has 2 atom stereocenters. The second kappa shape index (κ2) is 7.40. The molecule has 0 bridgehead atoms. The van der Waals surface area contributed by atoms with Gasteiger partial charge in [0.25, 0.3) is 0 Å². The van der Waals surface area contributed by atoms with Crippen molar-refractivity contribution in [2.45, 2.75) is 25.1 Å². The summed E-state index contributed by atoms with van der Waals surface area (Å²) in [7, 11) is 0. The summed E-state index contributed by atoms with van der Waals surface area (Å²) in [4.78, 5) is 12.0. The fourth-order valence-corrected chi connectivity index (χ4v) is 2.42. The van der Waals surface area contributed by atoms with Gasteiger partial charge in [0, 0.05) is 24.6 Å². The lowest BCUT2D eigenvalue weighted by Gasteiger charge is -2.11. The van der Waals surface area contributed by atoms with Crippen molar-refractivity contribution in [2.24, 2.45) is 0 Å². The number of aliphatic hydroxyl groups is 1. The van der Waals surface area contributed by atoms with Crippen LogP contribution < -0.4 is 10.6 Å². The number of hydrogen-bond donors (Lipinski definition) is 3. The Bertz CT molecular complexity index is 601. The minimum absolute atomic E-state index is 0. The number of carbonyl (C=O) groups excluding carboxylic acids is 1. The zero-order valence-corrected chi connectivity index (χ0v) is 12.8. The Morgan fingerprint density at radius 3 is 2.77 bits per heavy atom. The standard InChI is InChI=1S/C15H18N4O2.ClH/c20-13-8-14(16-9-13)15(21)18-12-4-2-11(3-5-12)10-19-7-1-6-17-19;/h1-7,13-14,16,20H,8-10H2,(H,18,21);1H. The first-order valence-corrected chi connectivity index (χ1v) is 6.99. The Hall–Kier alpha value is -1.89. The molecule has 22 heavy (non-hydrogen) atoms. The van der Waals surface area contributed by atoms with Crippen molar-refractivity contribution in [2.75, 3.05) is 11.9 Å². The number of β-amino-alcohol motifs (C(OH)–C–C–N with tert-alkyl or cyclic N) is 1. The third kappa shape index (κ3) is 4.07. The molecule has 1 saturated heterocycles. The number of aromatic nitrogens is 2. The Kier molecular flexibility index (Phi) is 5.54. The topological polar surface area (TPSA) is 79.2 Å². The first kappa shape index (κ1) is 16.5. The largest absolute Gasteiger partial charge is 0.392 e. The summed E-state index contributed by atoms with van der Waals surface area (Å²) in [5.41, 5.74) is 1.87. The van der Waals surface area contributed by atoms with Crippen LogP contribution in [0.15, 0.2) is 42.7 Å². The molecule has 7 heteroatoms. The van der Waals surface area contributed by atoms with E-state index in [2.05, 4.69) is 15.7 Å². The van der Waals surface area contributed by atoms with Crippen molar-refractivity contribution in [1.29, 1.82) is 0 Å². The maximum atomic E-state index is 12.0. The molecule has 2 heterocycles. The first-order valence-electron chi connectivity index (χ1n) is 6.99. The minimum Gasteiger partial charge on any atom is -0.392 e. The zero-order chi connectivity index (χ0) is 14.7. The molecular formula is C15H19ClN4O2. The monoisotopic (exact) mass is 322 g/mol. The number of rotatable bonds is 4. The quantitative estimate of drug-likeness (QED) is 0.785. The molecule has 0 aliphatic carbocycles. The molecule has 1 aliphatic heterocycles. The molecule has 2 aromatic rings. The van der Waals surface area contributed by atoms with Crippen LogP contribution in [0.1, 0.15) is 12.0 Å². The summed E-state index contributed by atoms with van der Waals surface area (Å²) in [6.45, 7) is 1.18. The van der Waals surface area contributed by atoms with Gasteiger partial charge in [-0.05, 0) is 30.2 Å². The van der Waals surface area contributed by atoms with Crippen LogP contribution in [0.5, 0.6) is 0 Å². The van der Waals surface area contributed by atoms with E-state index in [-0.39, 0.29) is 24.4 Å². The summed E-state index contributed by atoms with van der Waals surface area (Å²) in [5, 5.41) is 19.4. The number of carbonyl (C=O) groups is 1. The number of nitrogens with zero attached hydrogens (tertiary/aromatic N) is 2.